The van der Waals surface area contributed by atoms with Crippen molar-refractivity contribution in [3.63, 3.8) is 0 Å². The molecule has 4 saturated carbocycles. The van der Waals surface area contributed by atoms with E-state index < -0.39 is 99.9 Å². The maximum absolute atomic E-state index is 13.7. The van der Waals surface area contributed by atoms with Crippen LogP contribution in [0.1, 0.15) is 89.9 Å². The second kappa shape index (κ2) is 12.7. The summed E-state index contributed by atoms with van der Waals surface area (Å²) in [6, 6.07) is 4.44. The van der Waals surface area contributed by atoms with Crippen LogP contribution < -0.4 is 9.47 Å². The number of carbonyl (C=O) groups excluding carboxylic acids is 2. The lowest BCUT2D eigenvalue weighted by Crippen LogP contribution is -2.77. The largest absolute Gasteiger partial charge is 0.493 e. The van der Waals surface area contributed by atoms with E-state index in [1.54, 1.807) is 26.0 Å². The van der Waals surface area contributed by atoms with Crippen molar-refractivity contribution in [2.24, 2.45) is 46.8 Å². The molecule has 4 bridgehead atoms. The van der Waals surface area contributed by atoms with Crippen molar-refractivity contribution in [1.29, 1.82) is 0 Å². The lowest BCUT2D eigenvalue weighted by atomic mass is 9.49. The molecule has 13 heteroatoms. The van der Waals surface area contributed by atoms with Gasteiger partial charge in [0, 0.05) is 42.3 Å². The summed E-state index contributed by atoms with van der Waals surface area (Å²) in [6.45, 7) is 10.8. The first kappa shape index (κ1) is 38.4. The molecular formula is C41H59NO12. The minimum absolute atomic E-state index is 0.0263. The quantitative estimate of drug-likeness (QED) is 0.256. The molecule has 1 aromatic rings. The van der Waals surface area contributed by atoms with E-state index in [1.807, 2.05) is 13.8 Å². The average Bonchev–Trinajstić information content (AvgIpc) is 3.41. The van der Waals surface area contributed by atoms with Gasteiger partial charge in [-0.25, -0.2) is 4.79 Å². The Morgan fingerprint density at radius 2 is 1.74 bits per heavy atom. The fourth-order valence-electron chi connectivity index (χ4n) is 13.2. The highest BCUT2D eigenvalue weighted by Gasteiger charge is 2.87. The zero-order valence-electron chi connectivity index (χ0n) is 32.6. The number of hydrogen-bond donors (Lipinski definition) is 5. The number of carbonyl (C=O) groups is 2. The van der Waals surface area contributed by atoms with E-state index in [4.69, 9.17) is 23.7 Å². The summed E-state index contributed by atoms with van der Waals surface area (Å²) >= 11 is 0. The number of piperidine rings is 2. The number of esters is 2. The highest BCUT2D eigenvalue weighted by molar-refractivity contribution is 5.90. The molecule has 5 N–H and O–H groups in total. The van der Waals surface area contributed by atoms with Gasteiger partial charge in [-0.3, -0.25) is 9.69 Å². The number of ether oxygens (including phenoxy) is 5. The highest BCUT2D eigenvalue weighted by Crippen LogP contribution is 2.77. The summed E-state index contributed by atoms with van der Waals surface area (Å²) in [6.07, 6.45) is -2.12. The fourth-order valence-corrected chi connectivity index (χ4v) is 13.2. The molecule has 3 heterocycles. The van der Waals surface area contributed by atoms with Gasteiger partial charge in [-0.2, -0.15) is 0 Å². The molecule has 7 fully saturated rings. The van der Waals surface area contributed by atoms with Gasteiger partial charge >= 0.3 is 11.9 Å². The number of aliphatic hydroxyl groups excluding tert-OH is 2. The second-order valence-electron chi connectivity index (χ2n) is 18.4. The molecular weight excluding hydrogens is 698 g/mol. The molecule has 1 spiro atoms. The molecule has 0 amide bonds. The van der Waals surface area contributed by atoms with E-state index in [1.165, 1.54) is 20.3 Å². The van der Waals surface area contributed by atoms with Crippen molar-refractivity contribution >= 4 is 11.9 Å². The van der Waals surface area contributed by atoms with E-state index in [-0.39, 0.29) is 30.9 Å². The average molecular weight is 758 g/mol. The number of hydrogen-bond acceptors (Lipinski definition) is 13. The topological polar surface area (TPSA) is 185 Å². The van der Waals surface area contributed by atoms with Crippen LogP contribution in [0.3, 0.4) is 0 Å². The first-order valence-electron chi connectivity index (χ1n) is 20.0. The third-order valence-electron chi connectivity index (χ3n) is 15.9. The molecule has 3 aliphatic heterocycles. The standard InChI is InChI=1S/C41H59NO12/c1-8-21(3)35(45)53-34-32(44)31-23(19-42-18-20(2)9-12-29(42)38(31,5)47)24-17-39-33(40(24,34)48)25(43)16-28-37(39,4)14-13-30(41(28,49)54-39)52-36(46)22-10-11-26(50-6)27(15-22)51-7/h10-11,15,20-21,23-25,28-34,43-44,47-49H,8-9,12-14,16-19H2,1-7H3/t20-,21?,23-,24-,25+,28-,29-,30-,31+,32+,33+,34-,37-,38+,39+,40-,41-/m0/s1. The first-order valence-corrected chi connectivity index (χ1v) is 20.0. The Labute approximate surface area is 317 Å². The number of methoxy groups -OCH3 is 2. The monoisotopic (exact) mass is 757 g/mol. The molecule has 13 nitrogen and oxygen atoms in total. The summed E-state index contributed by atoms with van der Waals surface area (Å²) in [7, 11) is 2.96. The van der Waals surface area contributed by atoms with Crippen LogP contribution in [0.25, 0.3) is 0 Å². The molecule has 4 aliphatic carbocycles. The van der Waals surface area contributed by atoms with Gasteiger partial charge in [-0.1, -0.05) is 27.7 Å². The van der Waals surface area contributed by atoms with Crippen LogP contribution in [0.4, 0.5) is 0 Å². The van der Waals surface area contributed by atoms with Crippen LogP contribution in [0, 0.1) is 46.8 Å². The van der Waals surface area contributed by atoms with Gasteiger partial charge in [0.05, 0.1) is 49.1 Å². The van der Waals surface area contributed by atoms with Crippen LogP contribution in [-0.2, 0) is 19.0 Å². The predicted octanol–water partition coefficient (Wildman–Crippen LogP) is 2.66. The third kappa shape index (κ3) is 4.94. The Hall–Kier alpha value is -2.52. The van der Waals surface area contributed by atoms with E-state index in [0.29, 0.717) is 36.8 Å². The van der Waals surface area contributed by atoms with Crippen LogP contribution in [-0.4, -0.2) is 123 Å². The number of fused-ring (bicyclic) bond motifs is 5. The molecule has 17 atom stereocenters. The Balaban J connectivity index is 1.20. The van der Waals surface area contributed by atoms with Crippen molar-refractivity contribution in [2.75, 3.05) is 27.3 Å². The number of benzene rings is 1. The normalized spacial score (nSPS) is 49.4. The number of rotatable bonds is 7. The molecule has 3 saturated heterocycles. The summed E-state index contributed by atoms with van der Waals surface area (Å²) < 4.78 is 30.0. The minimum atomic E-state index is -2.01. The number of nitrogens with zero attached hydrogens (tertiary/aromatic N) is 1. The van der Waals surface area contributed by atoms with Crippen LogP contribution in [0.2, 0.25) is 0 Å². The maximum atomic E-state index is 13.7. The summed E-state index contributed by atoms with van der Waals surface area (Å²) in [4.78, 5) is 29.6. The first-order chi connectivity index (χ1) is 25.4. The Morgan fingerprint density at radius 1 is 1.02 bits per heavy atom. The molecule has 7 aliphatic rings. The van der Waals surface area contributed by atoms with E-state index in [9.17, 15) is 35.1 Å². The van der Waals surface area contributed by atoms with Gasteiger partial charge in [0.15, 0.2) is 23.7 Å². The minimum Gasteiger partial charge on any atom is -0.493 e. The van der Waals surface area contributed by atoms with Gasteiger partial charge in [0.25, 0.3) is 0 Å². The summed E-state index contributed by atoms with van der Waals surface area (Å²) in [5.41, 5.74) is -5.29. The Kier molecular flexibility index (Phi) is 9.05. The SMILES string of the molecule is CCC(C)C(=O)O[C@H]1[C@H](O)[C@H]2[C@@H](CN3C[C@@H](C)CC[C@H]3[C@@]2(C)O)[C@@H]2C[C@]34O[C@]5(O)[C@@H](OC(=O)c6ccc(OC)c(OC)c6)CC[C@@]3(C)[C@@H]5C[C@@H](O)[C@H]4[C@@]21O. The lowest BCUT2D eigenvalue weighted by Gasteiger charge is -2.64. The van der Waals surface area contributed by atoms with E-state index in [0.717, 1.165) is 19.4 Å². The van der Waals surface area contributed by atoms with Crippen molar-refractivity contribution in [3.05, 3.63) is 23.8 Å². The molecule has 1 unspecified atom stereocenters. The summed E-state index contributed by atoms with van der Waals surface area (Å²) in [5, 5.41) is 63.4. The Bertz CT molecular complexity index is 1670. The van der Waals surface area contributed by atoms with Crippen molar-refractivity contribution in [2.45, 2.75) is 133 Å². The number of aliphatic hydroxyl groups is 5. The van der Waals surface area contributed by atoms with E-state index >= 15 is 0 Å². The Morgan fingerprint density at radius 3 is 2.43 bits per heavy atom. The van der Waals surface area contributed by atoms with Gasteiger partial charge in [-0.15, -0.1) is 0 Å². The second-order valence-corrected chi connectivity index (χ2v) is 18.4. The predicted molar refractivity (Wildman–Crippen MR) is 192 cm³/mol. The molecule has 0 radical (unpaired) electrons. The van der Waals surface area contributed by atoms with Gasteiger partial charge in [-0.05, 0) is 87.8 Å². The van der Waals surface area contributed by atoms with Gasteiger partial charge in [0.1, 0.15) is 5.60 Å². The van der Waals surface area contributed by atoms with Crippen molar-refractivity contribution < 1.29 is 58.8 Å². The molecule has 0 aromatic heterocycles. The van der Waals surface area contributed by atoms with Crippen LogP contribution >= 0.6 is 0 Å². The third-order valence-corrected chi connectivity index (χ3v) is 15.9. The fraction of sp³-hybridized carbons (Fsp3) is 0.805. The molecule has 8 rings (SSSR count). The smallest absolute Gasteiger partial charge is 0.338 e. The zero-order chi connectivity index (χ0) is 38.9. The molecule has 1 aromatic carbocycles. The van der Waals surface area contributed by atoms with Crippen molar-refractivity contribution in [1.82, 2.24) is 4.90 Å². The van der Waals surface area contributed by atoms with Gasteiger partial charge in [0.2, 0.25) is 5.79 Å². The zero-order valence-corrected chi connectivity index (χ0v) is 32.6. The van der Waals surface area contributed by atoms with Crippen LogP contribution in [0.15, 0.2) is 18.2 Å². The van der Waals surface area contributed by atoms with Crippen molar-refractivity contribution in [3.8, 4) is 11.5 Å². The maximum Gasteiger partial charge on any atom is 0.338 e. The summed E-state index contributed by atoms with van der Waals surface area (Å²) in [5.74, 6) is -6.21. The lowest BCUT2D eigenvalue weighted by molar-refractivity contribution is -0.298. The molecule has 300 valence electrons. The van der Waals surface area contributed by atoms with Gasteiger partial charge < -0.3 is 49.2 Å². The van der Waals surface area contributed by atoms with E-state index in [2.05, 4.69) is 11.8 Å². The highest BCUT2D eigenvalue weighted by atomic mass is 16.7. The van der Waals surface area contributed by atoms with Crippen LogP contribution in [0.5, 0.6) is 11.5 Å². The molecule has 54 heavy (non-hydrogen) atoms.